The molecule has 0 spiro atoms. The van der Waals surface area contributed by atoms with E-state index >= 15 is 0 Å². The molecule has 0 amide bonds. The van der Waals surface area contributed by atoms with Crippen LogP contribution in [0.15, 0.2) is 36.4 Å². The summed E-state index contributed by atoms with van der Waals surface area (Å²) in [5.74, 6) is -1.42. The number of aliphatic hydroxyl groups is 1. The number of benzene rings is 2. The molecule has 0 unspecified atom stereocenters. The van der Waals surface area contributed by atoms with Gasteiger partial charge in [-0.25, -0.2) is 4.79 Å². The van der Waals surface area contributed by atoms with E-state index in [0.29, 0.717) is 5.56 Å². The van der Waals surface area contributed by atoms with Crippen LogP contribution >= 0.6 is 0 Å². The Bertz CT molecular complexity index is 825. The fourth-order valence-electron chi connectivity index (χ4n) is 2.20. The molecule has 0 heterocycles. The normalized spacial score (nSPS) is 10.6. The Hall–Kier alpha value is -3.27. The molecule has 0 bridgehead atoms. The lowest BCUT2D eigenvalue weighted by atomic mass is 10.1. The highest BCUT2D eigenvalue weighted by Crippen LogP contribution is 2.36. The van der Waals surface area contributed by atoms with Crippen LogP contribution in [-0.4, -0.2) is 29.7 Å². The zero-order valence-corrected chi connectivity index (χ0v) is 14.1. The smallest absolute Gasteiger partial charge is 0.387 e. The Kier molecular flexibility index (Phi) is 6.61. The SMILES string of the molecule is COc1cc(COC(=O)c2ccc(CO)cc2)c([N+](=O)[O-])cc1OC(F)F. The van der Waals surface area contributed by atoms with Gasteiger partial charge in [-0.1, -0.05) is 12.1 Å². The number of carbonyl (C=O) groups excluding carboxylic acids is 1. The van der Waals surface area contributed by atoms with Gasteiger partial charge >= 0.3 is 12.6 Å². The minimum absolute atomic E-state index is 0.0567. The molecule has 2 aromatic carbocycles. The molecule has 0 atom stereocenters. The monoisotopic (exact) mass is 383 g/mol. The number of methoxy groups -OCH3 is 1. The van der Waals surface area contributed by atoms with Gasteiger partial charge in [0.15, 0.2) is 11.5 Å². The van der Waals surface area contributed by atoms with Crippen LogP contribution < -0.4 is 9.47 Å². The quantitative estimate of drug-likeness (QED) is 0.424. The first kappa shape index (κ1) is 20.0. The van der Waals surface area contributed by atoms with Crippen molar-refractivity contribution >= 4 is 11.7 Å². The Morgan fingerprint density at radius 2 is 1.89 bits per heavy atom. The zero-order valence-electron chi connectivity index (χ0n) is 14.1. The van der Waals surface area contributed by atoms with Crippen molar-refractivity contribution in [3.63, 3.8) is 0 Å². The first-order valence-electron chi connectivity index (χ1n) is 7.52. The predicted molar refractivity (Wildman–Crippen MR) is 87.8 cm³/mol. The Labute approximate surface area is 152 Å². The van der Waals surface area contributed by atoms with Crippen molar-refractivity contribution in [2.45, 2.75) is 19.8 Å². The first-order chi connectivity index (χ1) is 12.8. The number of carbonyl (C=O) groups is 1. The molecule has 0 aliphatic carbocycles. The van der Waals surface area contributed by atoms with E-state index in [-0.39, 0.29) is 23.5 Å². The van der Waals surface area contributed by atoms with Crippen LogP contribution in [0.3, 0.4) is 0 Å². The Balaban J connectivity index is 2.23. The van der Waals surface area contributed by atoms with Crippen molar-refractivity contribution in [1.82, 2.24) is 0 Å². The number of hydrogen-bond acceptors (Lipinski definition) is 7. The topological polar surface area (TPSA) is 108 Å². The molecule has 8 nitrogen and oxygen atoms in total. The molecule has 0 aliphatic heterocycles. The zero-order chi connectivity index (χ0) is 20.0. The van der Waals surface area contributed by atoms with Crippen LogP contribution in [0.4, 0.5) is 14.5 Å². The third kappa shape index (κ3) is 5.11. The lowest BCUT2D eigenvalue weighted by molar-refractivity contribution is -0.386. The standard InChI is InChI=1S/C17H15F2NO7/c1-25-14-6-12(13(20(23)24)7-15(14)27-17(18)19)9-26-16(22)11-4-2-10(8-21)3-5-11/h2-7,17,21H,8-9H2,1H3. The second kappa shape index (κ2) is 8.90. The van der Waals surface area contributed by atoms with Gasteiger partial charge in [0.25, 0.3) is 5.69 Å². The highest BCUT2D eigenvalue weighted by Gasteiger charge is 2.23. The summed E-state index contributed by atoms with van der Waals surface area (Å²) in [6.45, 7) is -3.86. The first-order valence-corrected chi connectivity index (χ1v) is 7.52. The van der Waals surface area contributed by atoms with Gasteiger partial charge in [-0.15, -0.1) is 0 Å². The maximum absolute atomic E-state index is 12.4. The van der Waals surface area contributed by atoms with Crippen molar-refractivity contribution in [3.8, 4) is 11.5 Å². The number of nitro benzene ring substituents is 1. The Morgan fingerprint density at radius 3 is 2.41 bits per heavy atom. The van der Waals surface area contributed by atoms with Gasteiger partial charge < -0.3 is 19.3 Å². The summed E-state index contributed by atoms with van der Waals surface area (Å²) in [6.07, 6.45) is 0. The number of alkyl halides is 2. The predicted octanol–water partition coefficient (Wildman–Crippen LogP) is 3.05. The van der Waals surface area contributed by atoms with E-state index in [2.05, 4.69) is 4.74 Å². The summed E-state index contributed by atoms with van der Waals surface area (Å²) in [4.78, 5) is 22.4. The van der Waals surface area contributed by atoms with Gasteiger partial charge in [-0.3, -0.25) is 10.1 Å². The van der Waals surface area contributed by atoms with E-state index in [4.69, 9.17) is 14.6 Å². The number of hydrogen-bond donors (Lipinski definition) is 1. The summed E-state index contributed by atoms with van der Waals surface area (Å²) in [7, 11) is 1.18. The fraction of sp³-hybridized carbons (Fsp3) is 0.235. The molecular weight excluding hydrogens is 368 g/mol. The van der Waals surface area contributed by atoms with E-state index in [9.17, 15) is 23.7 Å². The molecule has 0 aliphatic rings. The number of nitrogens with zero attached hydrogens (tertiary/aromatic N) is 1. The average molecular weight is 383 g/mol. The van der Waals surface area contributed by atoms with Gasteiger partial charge in [0.1, 0.15) is 6.61 Å². The molecule has 0 radical (unpaired) electrons. The largest absolute Gasteiger partial charge is 0.493 e. The van der Waals surface area contributed by atoms with Crippen molar-refractivity contribution in [1.29, 1.82) is 0 Å². The maximum Gasteiger partial charge on any atom is 0.387 e. The number of nitro groups is 1. The van der Waals surface area contributed by atoms with E-state index in [1.165, 1.54) is 31.4 Å². The summed E-state index contributed by atoms with van der Waals surface area (Å²) in [5.41, 5.74) is 0.162. The number of rotatable bonds is 8. The third-order valence-electron chi connectivity index (χ3n) is 3.51. The highest BCUT2D eigenvalue weighted by atomic mass is 19.3. The second-order valence-corrected chi connectivity index (χ2v) is 5.20. The van der Waals surface area contributed by atoms with Gasteiger partial charge in [0.05, 0.1) is 35.8 Å². The van der Waals surface area contributed by atoms with Crippen molar-refractivity contribution < 1.29 is 37.8 Å². The maximum atomic E-state index is 12.4. The molecule has 27 heavy (non-hydrogen) atoms. The second-order valence-electron chi connectivity index (χ2n) is 5.20. The molecule has 0 saturated carbocycles. The van der Waals surface area contributed by atoms with Gasteiger partial charge in [-0.2, -0.15) is 8.78 Å². The molecule has 0 fully saturated rings. The van der Waals surface area contributed by atoms with Crippen molar-refractivity contribution in [2.75, 3.05) is 7.11 Å². The van der Waals surface area contributed by atoms with Crippen LogP contribution in [-0.2, 0) is 18.0 Å². The minimum Gasteiger partial charge on any atom is -0.493 e. The summed E-state index contributed by atoms with van der Waals surface area (Å²) in [6, 6.07) is 7.80. The van der Waals surface area contributed by atoms with Crippen LogP contribution in [0.5, 0.6) is 11.5 Å². The summed E-state index contributed by atoms with van der Waals surface area (Å²) in [5, 5.41) is 20.2. The molecule has 0 saturated heterocycles. The lowest BCUT2D eigenvalue weighted by Crippen LogP contribution is -2.09. The molecule has 0 aromatic heterocycles. The molecule has 1 N–H and O–H groups in total. The van der Waals surface area contributed by atoms with E-state index in [1.54, 1.807) is 0 Å². The molecule has 2 aromatic rings. The van der Waals surface area contributed by atoms with Gasteiger partial charge in [-0.05, 0) is 23.8 Å². The third-order valence-corrected chi connectivity index (χ3v) is 3.51. The number of halogens is 2. The van der Waals surface area contributed by atoms with Crippen molar-refractivity contribution in [2.24, 2.45) is 0 Å². The van der Waals surface area contributed by atoms with Crippen LogP contribution in [0.1, 0.15) is 21.5 Å². The van der Waals surface area contributed by atoms with E-state index in [0.717, 1.165) is 12.1 Å². The molecule has 144 valence electrons. The molecule has 2 rings (SSSR count). The number of esters is 1. The highest BCUT2D eigenvalue weighted by molar-refractivity contribution is 5.89. The molecule has 10 heteroatoms. The average Bonchev–Trinajstić information content (AvgIpc) is 2.65. The van der Waals surface area contributed by atoms with E-state index < -0.39 is 35.5 Å². The van der Waals surface area contributed by atoms with Crippen LogP contribution in [0.2, 0.25) is 0 Å². The van der Waals surface area contributed by atoms with E-state index in [1.807, 2.05) is 0 Å². The van der Waals surface area contributed by atoms with Crippen LogP contribution in [0, 0.1) is 10.1 Å². The van der Waals surface area contributed by atoms with Crippen LogP contribution in [0.25, 0.3) is 0 Å². The fourth-order valence-corrected chi connectivity index (χ4v) is 2.20. The number of aliphatic hydroxyl groups excluding tert-OH is 1. The van der Waals surface area contributed by atoms with Gasteiger partial charge in [0.2, 0.25) is 0 Å². The summed E-state index contributed by atoms with van der Waals surface area (Å²) >= 11 is 0. The Morgan fingerprint density at radius 1 is 1.22 bits per heavy atom. The van der Waals surface area contributed by atoms with Gasteiger partial charge in [0, 0.05) is 0 Å². The summed E-state index contributed by atoms with van der Waals surface area (Å²) < 4.78 is 39.0. The molecular formula is C17H15F2NO7. The van der Waals surface area contributed by atoms with Crippen molar-refractivity contribution in [3.05, 3.63) is 63.2 Å². The lowest BCUT2D eigenvalue weighted by Gasteiger charge is -2.12. The number of ether oxygens (including phenoxy) is 3. The minimum atomic E-state index is -3.19.